The first-order valence-corrected chi connectivity index (χ1v) is 10.7. The lowest BCUT2D eigenvalue weighted by molar-refractivity contribution is -0.124. The maximum atomic E-state index is 13.6. The van der Waals surface area contributed by atoms with E-state index in [1.807, 2.05) is 12.1 Å². The fourth-order valence-corrected chi connectivity index (χ4v) is 4.50. The second kappa shape index (κ2) is 10.3. The summed E-state index contributed by atoms with van der Waals surface area (Å²) in [5.74, 6) is 0.166. The number of carbonyl (C=O) groups is 2. The highest BCUT2D eigenvalue weighted by atomic mass is 32.2. The van der Waals surface area contributed by atoms with E-state index in [4.69, 9.17) is 4.74 Å². The van der Waals surface area contributed by atoms with Crippen molar-refractivity contribution >= 4 is 39.8 Å². The van der Waals surface area contributed by atoms with Gasteiger partial charge in [0, 0.05) is 23.6 Å². The predicted octanol–water partition coefficient (Wildman–Crippen LogP) is 3.63. The number of rotatable bonds is 7. The van der Waals surface area contributed by atoms with Gasteiger partial charge in [0.15, 0.2) is 6.61 Å². The van der Waals surface area contributed by atoms with E-state index in [1.54, 1.807) is 53.9 Å². The van der Waals surface area contributed by atoms with E-state index in [9.17, 15) is 14.0 Å². The fourth-order valence-electron chi connectivity index (χ4n) is 2.48. The van der Waals surface area contributed by atoms with Gasteiger partial charge in [-0.25, -0.2) is 9.18 Å². The molecule has 8 heteroatoms. The molecule has 2 aromatic rings. The monoisotopic (exact) mass is 418 g/mol. The molecule has 0 bridgehead atoms. The summed E-state index contributed by atoms with van der Waals surface area (Å²) in [6.45, 7) is 0.450. The van der Waals surface area contributed by atoms with E-state index in [1.165, 1.54) is 6.07 Å². The Morgan fingerprint density at radius 1 is 1.14 bits per heavy atom. The van der Waals surface area contributed by atoms with Crippen LogP contribution >= 0.6 is 23.5 Å². The zero-order valence-electron chi connectivity index (χ0n) is 15.0. The number of hydrogen-bond acceptors (Lipinski definition) is 6. The number of thioether (sulfide) groups is 2. The lowest BCUT2D eigenvalue weighted by Crippen LogP contribution is -2.28. The van der Waals surface area contributed by atoms with Crippen LogP contribution in [0, 0.1) is 5.82 Å². The van der Waals surface area contributed by atoms with Crippen molar-refractivity contribution in [2.45, 2.75) is 12.3 Å². The zero-order chi connectivity index (χ0) is 19.8. The van der Waals surface area contributed by atoms with Crippen LogP contribution in [0.3, 0.4) is 0 Å². The first kappa shape index (κ1) is 20.4. The van der Waals surface area contributed by atoms with Crippen LogP contribution in [0.2, 0.25) is 0 Å². The minimum absolute atomic E-state index is 0.0378. The maximum Gasteiger partial charge on any atom is 0.338 e. The Bertz CT molecular complexity index is 889. The van der Waals surface area contributed by atoms with Crippen molar-refractivity contribution in [2.24, 2.45) is 4.99 Å². The van der Waals surface area contributed by atoms with Gasteiger partial charge in [-0.2, -0.15) is 0 Å². The van der Waals surface area contributed by atoms with Crippen LogP contribution in [-0.4, -0.2) is 35.2 Å². The molecule has 2 aromatic carbocycles. The Kier molecular flexibility index (Phi) is 7.50. The number of nitrogens with zero attached hydrogens (tertiary/aromatic N) is 1. The van der Waals surface area contributed by atoms with E-state index in [0.717, 1.165) is 22.2 Å². The van der Waals surface area contributed by atoms with Crippen LogP contribution in [0.4, 0.5) is 4.39 Å². The average Bonchev–Trinajstić information content (AvgIpc) is 3.24. The maximum absolute atomic E-state index is 13.6. The summed E-state index contributed by atoms with van der Waals surface area (Å²) in [4.78, 5) is 28.7. The molecular formula is C20H19FN2O3S2. The summed E-state index contributed by atoms with van der Waals surface area (Å²) in [5.41, 5.74) is 1.64. The normalized spacial score (nSPS) is 13.1. The fraction of sp³-hybridized carbons (Fsp3) is 0.250. The Morgan fingerprint density at radius 3 is 2.64 bits per heavy atom. The summed E-state index contributed by atoms with van der Waals surface area (Å²) in [6, 6.07) is 13.3. The van der Waals surface area contributed by atoms with Crippen LogP contribution in [0.25, 0.3) is 0 Å². The number of amides is 1. The van der Waals surface area contributed by atoms with Crippen molar-refractivity contribution in [3.8, 4) is 0 Å². The number of nitrogens with one attached hydrogen (secondary N) is 1. The highest BCUT2D eigenvalue weighted by Crippen LogP contribution is 2.26. The van der Waals surface area contributed by atoms with E-state index in [0.29, 0.717) is 16.9 Å². The Balaban J connectivity index is 1.50. The second-order valence-corrected chi connectivity index (χ2v) is 8.19. The summed E-state index contributed by atoms with van der Waals surface area (Å²) in [7, 11) is 0. The Morgan fingerprint density at radius 2 is 1.89 bits per heavy atom. The number of aliphatic imine (C=N–C) groups is 1. The molecule has 0 atom stereocenters. The van der Waals surface area contributed by atoms with Crippen LogP contribution < -0.4 is 5.32 Å². The summed E-state index contributed by atoms with van der Waals surface area (Å²) >= 11 is 3.30. The molecule has 3 rings (SSSR count). The summed E-state index contributed by atoms with van der Waals surface area (Å²) in [5, 5.41) is 2.54. The first-order chi connectivity index (χ1) is 13.6. The summed E-state index contributed by atoms with van der Waals surface area (Å²) < 4.78 is 19.7. The molecule has 0 saturated heterocycles. The van der Waals surface area contributed by atoms with E-state index >= 15 is 0 Å². The molecule has 1 heterocycles. The molecule has 28 heavy (non-hydrogen) atoms. The molecule has 0 radical (unpaired) electrons. The minimum atomic E-state index is -0.557. The Labute approximate surface area is 171 Å². The largest absolute Gasteiger partial charge is 0.452 e. The first-order valence-electron chi connectivity index (χ1n) is 8.68. The third-order valence-electron chi connectivity index (χ3n) is 3.91. The van der Waals surface area contributed by atoms with Gasteiger partial charge in [-0.1, -0.05) is 59.9 Å². The molecule has 1 aliphatic heterocycles. The average molecular weight is 419 g/mol. The second-order valence-electron chi connectivity index (χ2n) is 5.89. The molecule has 1 aliphatic rings. The number of carbonyl (C=O) groups excluding carboxylic acids is 2. The molecular weight excluding hydrogens is 399 g/mol. The van der Waals surface area contributed by atoms with Crippen LogP contribution in [-0.2, 0) is 21.8 Å². The standard InChI is InChI=1S/C20H19FN2O3S2/c21-17-8-4-2-5-14(17)11-23-18(24)12-26-19(25)16-7-3-1-6-15(16)13-28-20-22-9-10-27-20/h1-8H,9-13H2,(H,23,24). The highest BCUT2D eigenvalue weighted by Gasteiger charge is 2.16. The van der Waals surface area contributed by atoms with Crippen molar-refractivity contribution in [3.63, 3.8) is 0 Å². The highest BCUT2D eigenvalue weighted by molar-refractivity contribution is 8.38. The van der Waals surface area contributed by atoms with Gasteiger partial charge in [-0.05, 0) is 17.7 Å². The van der Waals surface area contributed by atoms with Crippen LogP contribution in [0.15, 0.2) is 53.5 Å². The van der Waals surface area contributed by atoms with Crippen LogP contribution in [0.1, 0.15) is 21.5 Å². The lowest BCUT2D eigenvalue weighted by Gasteiger charge is -2.10. The number of esters is 1. The molecule has 0 aliphatic carbocycles. The van der Waals surface area contributed by atoms with Crippen molar-refractivity contribution < 1.29 is 18.7 Å². The van der Waals surface area contributed by atoms with Gasteiger partial charge in [-0.15, -0.1) is 0 Å². The van der Waals surface area contributed by atoms with E-state index < -0.39 is 24.3 Å². The SMILES string of the molecule is O=C(COC(=O)c1ccccc1CSC1=NCCS1)NCc1ccccc1F. The molecule has 146 valence electrons. The topological polar surface area (TPSA) is 67.8 Å². The van der Waals surface area contributed by atoms with Crippen molar-refractivity contribution in [1.29, 1.82) is 0 Å². The van der Waals surface area contributed by atoms with E-state index in [-0.39, 0.29) is 6.54 Å². The summed E-state index contributed by atoms with van der Waals surface area (Å²) in [6.07, 6.45) is 0. The molecule has 0 aromatic heterocycles. The Hall–Kier alpha value is -2.32. The quantitative estimate of drug-likeness (QED) is 0.696. The number of benzene rings is 2. The van der Waals surface area contributed by atoms with Gasteiger partial charge in [0.2, 0.25) is 0 Å². The smallest absolute Gasteiger partial charge is 0.338 e. The van der Waals surface area contributed by atoms with Gasteiger partial charge in [0.1, 0.15) is 10.2 Å². The molecule has 5 nitrogen and oxygen atoms in total. The van der Waals surface area contributed by atoms with Gasteiger partial charge in [0.05, 0.1) is 12.1 Å². The molecule has 0 spiro atoms. The molecule has 0 saturated carbocycles. The third kappa shape index (κ3) is 5.84. The number of halogens is 1. The van der Waals surface area contributed by atoms with Gasteiger partial charge >= 0.3 is 5.97 Å². The minimum Gasteiger partial charge on any atom is -0.452 e. The van der Waals surface area contributed by atoms with Gasteiger partial charge < -0.3 is 10.1 Å². The molecule has 0 fully saturated rings. The zero-order valence-corrected chi connectivity index (χ0v) is 16.7. The number of hydrogen-bond donors (Lipinski definition) is 1. The molecule has 0 unspecified atom stereocenters. The van der Waals surface area contributed by atoms with Gasteiger partial charge in [0.25, 0.3) is 5.91 Å². The van der Waals surface area contributed by atoms with E-state index in [2.05, 4.69) is 10.3 Å². The van der Waals surface area contributed by atoms with Crippen molar-refractivity contribution in [1.82, 2.24) is 5.32 Å². The van der Waals surface area contributed by atoms with Gasteiger partial charge in [-0.3, -0.25) is 9.79 Å². The van der Waals surface area contributed by atoms with Crippen molar-refractivity contribution in [2.75, 3.05) is 18.9 Å². The predicted molar refractivity (Wildman–Crippen MR) is 111 cm³/mol. The lowest BCUT2D eigenvalue weighted by atomic mass is 10.1. The van der Waals surface area contributed by atoms with Crippen molar-refractivity contribution in [3.05, 3.63) is 71.0 Å². The number of ether oxygens (including phenoxy) is 1. The molecule has 1 amide bonds. The van der Waals surface area contributed by atoms with Crippen LogP contribution in [0.5, 0.6) is 0 Å². The molecule has 1 N–H and O–H groups in total. The third-order valence-corrected chi connectivity index (χ3v) is 6.22.